The van der Waals surface area contributed by atoms with E-state index >= 15 is 0 Å². The second-order valence-corrected chi connectivity index (χ2v) is 7.17. The van der Waals surface area contributed by atoms with Crippen molar-refractivity contribution in [1.82, 2.24) is 10.6 Å². The summed E-state index contributed by atoms with van der Waals surface area (Å²) >= 11 is 1.78. The van der Waals surface area contributed by atoms with Crippen molar-refractivity contribution in [2.75, 3.05) is 26.7 Å². The van der Waals surface area contributed by atoms with Crippen LogP contribution in [0.5, 0.6) is 0 Å². The van der Waals surface area contributed by atoms with Gasteiger partial charge in [-0.2, -0.15) is 0 Å². The number of aliphatic imine (C=N–C) groups is 1. The molecule has 0 saturated heterocycles. The third-order valence-electron chi connectivity index (χ3n) is 3.66. The molecule has 0 bridgehead atoms. The third kappa shape index (κ3) is 8.73. The summed E-state index contributed by atoms with van der Waals surface area (Å²) in [6.45, 7) is 6.27. The van der Waals surface area contributed by atoms with Crippen LogP contribution in [0.3, 0.4) is 0 Å². The van der Waals surface area contributed by atoms with E-state index < -0.39 is 0 Å². The minimum atomic E-state index is -0.274. The standard InChI is InChI=1S/C18H27N3O2S.HI/c1-18(2,22-3)14-21-17(19-10-8-15-6-4-12-23-15)20-11-9-16-7-5-13-24-16;/h4-7,12-13H,8-11,14H2,1-3H3,(H2,19,20,21);1H. The normalized spacial score (nSPS) is 11.9. The van der Waals surface area contributed by atoms with E-state index in [-0.39, 0.29) is 29.6 Å². The monoisotopic (exact) mass is 477 g/mol. The number of guanidine groups is 1. The molecule has 0 aromatic carbocycles. The SMILES string of the molecule is COC(C)(C)CN=C(NCCc1ccco1)NCCc1cccs1.I. The van der Waals surface area contributed by atoms with Gasteiger partial charge in [0.2, 0.25) is 0 Å². The van der Waals surface area contributed by atoms with Crippen LogP contribution in [0.15, 0.2) is 45.3 Å². The van der Waals surface area contributed by atoms with Gasteiger partial charge < -0.3 is 19.8 Å². The molecular weight excluding hydrogens is 449 g/mol. The maximum Gasteiger partial charge on any atom is 0.191 e. The van der Waals surface area contributed by atoms with Crippen LogP contribution in [-0.4, -0.2) is 38.3 Å². The molecule has 0 atom stereocenters. The number of hydrogen-bond donors (Lipinski definition) is 2. The Morgan fingerprint density at radius 3 is 2.56 bits per heavy atom. The van der Waals surface area contributed by atoms with E-state index in [9.17, 15) is 0 Å². The van der Waals surface area contributed by atoms with Gasteiger partial charge >= 0.3 is 0 Å². The van der Waals surface area contributed by atoms with Crippen molar-refractivity contribution in [3.8, 4) is 0 Å². The predicted octanol–water partition coefficient (Wildman–Crippen LogP) is 3.70. The van der Waals surface area contributed by atoms with E-state index in [2.05, 4.69) is 33.1 Å². The Balaban J connectivity index is 0.00000312. The smallest absolute Gasteiger partial charge is 0.191 e. The highest BCUT2D eigenvalue weighted by atomic mass is 127. The Hall–Kier alpha value is -1.06. The second-order valence-electron chi connectivity index (χ2n) is 6.14. The molecule has 0 amide bonds. The first-order valence-corrected chi connectivity index (χ1v) is 9.09. The molecule has 0 fully saturated rings. The average Bonchev–Trinajstić information content (AvgIpc) is 3.26. The fraction of sp³-hybridized carbons (Fsp3) is 0.500. The van der Waals surface area contributed by atoms with Crippen molar-refractivity contribution in [2.45, 2.75) is 32.3 Å². The van der Waals surface area contributed by atoms with Gasteiger partial charge in [-0.15, -0.1) is 35.3 Å². The molecule has 0 aliphatic heterocycles. The predicted molar refractivity (Wildman–Crippen MR) is 115 cm³/mol. The zero-order valence-corrected chi connectivity index (χ0v) is 18.2. The minimum absolute atomic E-state index is 0. The first-order valence-electron chi connectivity index (χ1n) is 8.21. The van der Waals surface area contributed by atoms with E-state index in [4.69, 9.17) is 9.15 Å². The van der Waals surface area contributed by atoms with Crippen molar-refractivity contribution in [2.24, 2.45) is 4.99 Å². The van der Waals surface area contributed by atoms with Crippen molar-refractivity contribution >= 4 is 41.3 Å². The van der Waals surface area contributed by atoms with Crippen LogP contribution >= 0.6 is 35.3 Å². The average molecular weight is 477 g/mol. The van der Waals surface area contributed by atoms with Crippen LogP contribution in [0.25, 0.3) is 0 Å². The van der Waals surface area contributed by atoms with Gasteiger partial charge in [0.05, 0.1) is 18.4 Å². The quantitative estimate of drug-likeness (QED) is 0.329. The lowest BCUT2D eigenvalue weighted by Crippen LogP contribution is -2.40. The second kappa shape index (κ2) is 11.5. The number of nitrogens with zero attached hydrogens (tertiary/aromatic N) is 1. The number of rotatable bonds is 9. The lowest BCUT2D eigenvalue weighted by molar-refractivity contribution is 0.0310. The Kier molecular flexibility index (Phi) is 10.1. The Morgan fingerprint density at radius 2 is 1.96 bits per heavy atom. The van der Waals surface area contributed by atoms with E-state index in [0.717, 1.165) is 37.7 Å². The van der Waals surface area contributed by atoms with Crippen LogP contribution in [0.1, 0.15) is 24.5 Å². The summed E-state index contributed by atoms with van der Waals surface area (Å²) in [5.74, 6) is 1.78. The van der Waals surface area contributed by atoms with Crippen molar-refractivity contribution in [3.05, 3.63) is 46.5 Å². The minimum Gasteiger partial charge on any atom is -0.469 e. The number of nitrogens with one attached hydrogen (secondary N) is 2. The molecule has 0 saturated carbocycles. The molecular formula is C18H28IN3O2S. The van der Waals surface area contributed by atoms with Gasteiger partial charge in [-0.3, -0.25) is 4.99 Å². The molecule has 2 aromatic rings. The van der Waals surface area contributed by atoms with Crippen LogP contribution in [0.2, 0.25) is 0 Å². The summed E-state index contributed by atoms with van der Waals surface area (Å²) in [7, 11) is 1.71. The molecule has 2 aromatic heterocycles. The summed E-state index contributed by atoms with van der Waals surface area (Å²) in [5, 5.41) is 8.86. The van der Waals surface area contributed by atoms with E-state index in [1.165, 1.54) is 4.88 Å². The largest absolute Gasteiger partial charge is 0.469 e. The fourth-order valence-electron chi connectivity index (χ4n) is 2.03. The zero-order chi connectivity index (χ0) is 17.3. The van der Waals surface area contributed by atoms with Crippen LogP contribution in [0.4, 0.5) is 0 Å². The first-order chi connectivity index (χ1) is 11.6. The highest BCUT2D eigenvalue weighted by Gasteiger charge is 2.15. The Bertz CT molecular complexity index is 556. The summed E-state index contributed by atoms with van der Waals surface area (Å²) in [4.78, 5) is 6.02. The molecule has 2 rings (SSSR count). The molecule has 0 unspecified atom stereocenters. The summed E-state index contributed by atoms with van der Waals surface area (Å²) in [5.41, 5.74) is -0.274. The summed E-state index contributed by atoms with van der Waals surface area (Å²) in [6, 6.07) is 8.13. The maximum atomic E-state index is 5.44. The number of halogens is 1. The summed E-state index contributed by atoms with van der Waals surface area (Å²) in [6.07, 6.45) is 3.52. The highest BCUT2D eigenvalue weighted by Crippen LogP contribution is 2.09. The lowest BCUT2D eigenvalue weighted by atomic mass is 10.1. The maximum absolute atomic E-state index is 5.44. The number of hydrogen-bond acceptors (Lipinski definition) is 4. The number of methoxy groups -OCH3 is 1. The molecule has 2 N–H and O–H groups in total. The molecule has 25 heavy (non-hydrogen) atoms. The van der Waals surface area contributed by atoms with Gasteiger partial charge in [-0.25, -0.2) is 0 Å². The number of ether oxygens (including phenoxy) is 1. The first kappa shape index (κ1) is 22.0. The molecule has 7 heteroatoms. The van der Waals surface area contributed by atoms with Gasteiger partial charge in [-0.1, -0.05) is 6.07 Å². The van der Waals surface area contributed by atoms with Gasteiger partial charge in [0, 0.05) is 31.5 Å². The van der Waals surface area contributed by atoms with Gasteiger partial charge in [0.15, 0.2) is 5.96 Å². The topological polar surface area (TPSA) is 58.8 Å². The lowest BCUT2D eigenvalue weighted by Gasteiger charge is -2.21. The molecule has 2 heterocycles. The van der Waals surface area contributed by atoms with Crippen LogP contribution in [-0.2, 0) is 17.6 Å². The van der Waals surface area contributed by atoms with Crippen molar-refractivity contribution in [3.63, 3.8) is 0 Å². The number of thiophene rings is 1. The van der Waals surface area contributed by atoms with Gasteiger partial charge in [0.25, 0.3) is 0 Å². The molecule has 0 radical (unpaired) electrons. The summed E-state index contributed by atoms with van der Waals surface area (Å²) < 4.78 is 10.8. The van der Waals surface area contributed by atoms with Gasteiger partial charge in [0.1, 0.15) is 5.76 Å². The van der Waals surface area contributed by atoms with Crippen LogP contribution < -0.4 is 10.6 Å². The van der Waals surface area contributed by atoms with Crippen molar-refractivity contribution in [1.29, 1.82) is 0 Å². The molecule has 0 aliphatic rings. The molecule has 140 valence electrons. The third-order valence-corrected chi connectivity index (χ3v) is 4.59. The zero-order valence-electron chi connectivity index (χ0n) is 15.1. The van der Waals surface area contributed by atoms with Gasteiger partial charge in [-0.05, 0) is 43.8 Å². The highest BCUT2D eigenvalue weighted by molar-refractivity contribution is 14.0. The molecule has 0 aliphatic carbocycles. The van der Waals surface area contributed by atoms with Crippen LogP contribution in [0, 0.1) is 0 Å². The molecule has 0 spiro atoms. The molecule has 5 nitrogen and oxygen atoms in total. The fourth-order valence-corrected chi connectivity index (χ4v) is 2.74. The van der Waals surface area contributed by atoms with Crippen molar-refractivity contribution < 1.29 is 9.15 Å². The Morgan fingerprint density at radius 1 is 1.20 bits per heavy atom. The number of furan rings is 1. The Labute approximate surface area is 171 Å². The van der Waals surface area contributed by atoms with E-state index in [1.54, 1.807) is 24.7 Å². The van der Waals surface area contributed by atoms with E-state index in [0.29, 0.717) is 6.54 Å². The van der Waals surface area contributed by atoms with E-state index in [1.807, 2.05) is 26.0 Å².